The van der Waals surface area contributed by atoms with Crippen LogP contribution in [0.25, 0.3) is 0 Å². The van der Waals surface area contributed by atoms with Gasteiger partial charge in [-0.2, -0.15) is 0 Å². The molecule has 1 aliphatic carbocycles. The van der Waals surface area contributed by atoms with Gasteiger partial charge in [-0.25, -0.2) is 0 Å². The van der Waals surface area contributed by atoms with E-state index in [9.17, 15) is 0 Å². The van der Waals surface area contributed by atoms with Gasteiger partial charge in [-0.1, -0.05) is 31.5 Å². The lowest BCUT2D eigenvalue weighted by atomic mass is 9.80. The minimum Gasteiger partial charge on any atom is -0.490 e. The highest BCUT2D eigenvalue weighted by molar-refractivity contribution is 6.34. The Morgan fingerprint density at radius 1 is 1.32 bits per heavy atom. The van der Waals surface area contributed by atoms with E-state index < -0.39 is 0 Å². The second-order valence-corrected chi connectivity index (χ2v) is 5.94. The predicted octanol–water partition coefficient (Wildman–Crippen LogP) is 3.83. The van der Waals surface area contributed by atoms with Crippen LogP contribution < -0.4 is 10.5 Å². The average Bonchev–Trinajstić information content (AvgIpc) is 2.33. The minimum absolute atomic E-state index is 0.0437. The molecule has 0 spiro atoms. The van der Waals surface area contributed by atoms with Gasteiger partial charge in [0, 0.05) is 0 Å². The molecule has 1 saturated carbocycles. The molecule has 1 fully saturated rings. The van der Waals surface area contributed by atoms with Gasteiger partial charge >= 0.3 is 0 Å². The Balaban J connectivity index is 2.15. The van der Waals surface area contributed by atoms with Crippen molar-refractivity contribution in [1.82, 2.24) is 0 Å². The van der Waals surface area contributed by atoms with Crippen molar-refractivity contribution in [3.05, 3.63) is 28.8 Å². The first-order chi connectivity index (χ1) is 8.99. The van der Waals surface area contributed by atoms with E-state index in [1.54, 1.807) is 6.07 Å². The molecule has 2 rings (SSSR count). The molecule has 0 aromatic heterocycles. The van der Waals surface area contributed by atoms with Crippen molar-refractivity contribution in [3.8, 4) is 5.75 Å². The standard InChI is InChI=1S/C15H21ClN2O/c1-9-6-7-11(8-10(9)2)19-13-5-3-4-12(16)14(13)15(17)18/h3-5,9-11H,6-8H2,1-2H3,(H3,17,18). The maximum Gasteiger partial charge on any atom is 0.132 e. The van der Waals surface area contributed by atoms with Crippen LogP contribution in [0.3, 0.4) is 0 Å². The second-order valence-electron chi connectivity index (χ2n) is 5.53. The highest BCUT2D eigenvalue weighted by atomic mass is 35.5. The van der Waals surface area contributed by atoms with Crippen LogP contribution in [0, 0.1) is 17.2 Å². The molecular weight excluding hydrogens is 260 g/mol. The van der Waals surface area contributed by atoms with Gasteiger partial charge in [-0.3, -0.25) is 5.41 Å². The molecule has 1 aromatic carbocycles. The van der Waals surface area contributed by atoms with Crippen LogP contribution in [0.15, 0.2) is 18.2 Å². The Morgan fingerprint density at radius 2 is 2.05 bits per heavy atom. The summed E-state index contributed by atoms with van der Waals surface area (Å²) < 4.78 is 6.04. The Morgan fingerprint density at radius 3 is 2.68 bits per heavy atom. The first-order valence-electron chi connectivity index (χ1n) is 6.78. The van der Waals surface area contributed by atoms with Crippen LogP contribution in [-0.2, 0) is 0 Å². The van der Waals surface area contributed by atoms with Crippen molar-refractivity contribution >= 4 is 17.4 Å². The highest BCUT2D eigenvalue weighted by Gasteiger charge is 2.26. The van der Waals surface area contributed by atoms with E-state index >= 15 is 0 Å². The molecule has 3 nitrogen and oxygen atoms in total. The molecule has 19 heavy (non-hydrogen) atoms. The first kappa shape index (κ1) is 14.2. The second kappa shape index (κ2) is 5.83. The summed E-state index contributed by atoms with van der Waals surface area (Å²) in [5, 5.41) is 8.09. The van der Waals surface area contributed by atoms with Crippen molar-refractivity contribution in [1.29, 1.82) is 5.41 Å². The normalized spacial score (nSPS) is 27.0. The SMILES string of the molecule is CC1CCC(Oc2cccc(Cl)c2C(=N)N)CC1C. The summed E-state index contributed by atoms with van der Waals surface area (Å²) in [6.07, 6.45) is 3.48. The summed E-state index contributed by atoms with van der Waals surface area (Å²) in [7, 11) is 0. The fourth-order valence-electron chi connectivity index (χ4n) is 2.65. The van der Waals surface area contributed by atoms with Gasteiger partial charge < -0.3 is 10.5 Å². The summed E-state index contributed by atoms with van der Waals surface area (Å²) in [5.74, 6) is 2.01. The summed E-state index contributed by atoms with van der Waals surface area (Å²) in [5.41, 5.74) is 6.10. The molecule has 3 unspecified atom stereocenters. The number of benzene rings is 1. The molecule has 0 radical (unpaired) electrons. The third-order valence-corrected chi connectivity index (χ3v) is 4.40. The average molecular weight is 281 g/mol. The lowest BCUT2D eigenvalue weighted by Gasteiger charge is -2.32. The number of hydrogen-bond donors (Lipinski definition) is 2. The molecule has 0 heterocycles. The van der Waals surface area contributed by atoms with E-state index in [-0.39, 0.29) is 11.9 Å². The summed E-state index contributed by atoms with van der Waals surface area (Å²) in [6, 6.07) is 5.40. The topological polar surface area (TPSA) is 59.1 Å². The number of rotatable bonds is 3. The number of halogens is 1. The molecule has 1 aromatic rings. The molecule has 4 heteroatoms. The number of nitrogen functional groups attached to an aromatic ring is 1. The third kappa shape index (κ3) is 3.21. The summed E-state index contributed by atoms with van der Waals surface area (Å²) in [4.78, 5) is 0. The summed E-state index contributed by atoms with van der Waals surface area (Å²) in [6.45, 7) is 4.56. The number of nitrogens with one attached hydrogen (secondary N) is 1. The Kier molecular flexibility index (Phi) is 4.35. The van der Waals surface area contributed by atoms with Crippen LogP contribution in [0.5, 0.6) is 5.75 Å². The monoisotopic (exact) mass is 280 g/mol. The lowest BCUT2D eigenvalue weighted by Crippen LogP contribution is -2.29. The van der Waals surface area contributed by atoms with Crippen molar-refractivity contribution in [2.24, 2.45) is 17.6 Å². The number of ether oxygens (including phenoxy) is 1. The molecule has 0 bridgehead atoms. The predicted molar refractivity (Wildman–Crippen MR) is 79.1 cm³/mol. The van der Waals surface area contributed by atoms with Gasteiger partial charge in [0.1, 0.15) is 11.6 Å². The van der Waals surface area contributed by atoms with Crippen LogP contribution in [0.1, 0.15) is 38.7 Å². The van der Waals surface area contributed by atoms with E-state index in [0.717, 1.165) is 18.8 Å². The molecule has 1 aliphatic rings. The van der Waals surface area contributed by atoms with Gasteiger partial charge in [0.2, 0.25) is 0 Å². The van der Waals surface area contributed by atoms with E-state index in [1.165, 1.54) is 6.42 Å². The fourth-order valence-corrected chi connectivity index (χ4v) is 2.92. The van der Waals surface area contributed by atoms with E-state index in [0.29, 0.717) is 22.3 Å². The van der Waals surface area contributed by atoms with Crippen molar-refractivity contribution in [3.63, 3.8) is 0 Å². The van der Waals surface area contributed by atoms with E-state index in [2.05, 4.69) is 13.8 Å². The lowest BCUT2D eigenvalue weighted by molar-refractivity contribution is 0.100. The fraction of sp³-hybridized carbons (Fsp3) is 0.533. The Bertz CT molecular complexity index is 475. The van der Waals surface area contributed by atoms with Gasteiger partial charge in [0.25, 0.3) is 0 Å². The maximum atomic E-state index is 7.62. The van der Waals surface area contributed by atoms with Crippen molar-refractivity contribution in [2.45, 2.75) is 39.2 Å². The number of amidine groups is 1. The zero-order valence-corrected chi connectivity index (χ0v) is 12.2. The van der Waals surface area contributed by atoms with Gasteiger partial charge in [-0.15, -0.1) is 0 Å². The molecule has 104 valence electrons. The smallest absolute Gasteiger partial charge is 0.132 e. The van der Waals surface area contributed by atoms with E-state index in [1.807, 2.05) is 12.1 Å². The van der Waals surface area contributed by atoms with Gasteiger partial charge in [0.15, 0.2) is 0 Å². The number of nitrogens with two attached hydrogens (primary N) is 1. The molecule has 3 atom stereocenters. The van der Waals surface area contributed by atoms with Crippen LogP contribution in [0.4, 0.5) is 0 Å². The maximum absolute atomic E-state index is 7.62. The Labute approximate surface area is 119 Å². The zero-order valence-electron chi connectivity index (χ0n) is 11.4. The molecule has 0 aliphatic heterocycles. The minimum atomic E-state index is -0.0437. The third-order valence-electron chi connectivity index (χ3n) is 4.09. The quantitative estimate of drug-likeness (QED) is 0.653. The molecular formula is C15H21ClN2O. The zero-order chi connectivity index (χ0) is 14.0. The van der Waals surface area contributed by atoms with Crippen molar-refractivity contribution in [2.75, 3.05) is 0 Å². The van der Waals surface area contributed by atoms with Crippen LogP contribution in [-0.4, -0.2) is 11.9 Å². The number of hydrogen-bond acceptors (Lipinski definition) is 2. The summed E-state index contributed by atoms with van der Waals surface area (Å²) >= 11 is 6.09. The molecule has 0 amide bonds. The van der Waals surface area contributed by atoms with Gasteiger partial charge in [0.05, 0.1) is 16.7 Å². The van der Waals surface area contributed by atoms with Crippen molar-refractivity contribution < 1.29 is 4.74 Å². The first-order valence-corrected chi connectivity index (χ1v) is 7.16. The highest BCUT2D eigenvalue weighted by Crippen LogP contribution is 2.34. The Hall–Kier alpha value is -1.22. The van der Waals surface area contributed by atoms with Crippen LogP contribution in [0.2, 0.25) is 5.02 Å². The largest absolute Gasteiger partial charge is 0.490 e. The van der Waals surface area contributed by atoms with Gasteiger partial charge in [-0.05, 0) is 43.2 Å². The molecule has 3 N–H and O–H groups in total. The van der Waals surface area contributed by atoms with Crippen LogP contribution >= 0.6 is 11.6 Å². The molecule has 0 saturated heterocycles. The van der Waals surface area contributed by atoms with E-state index in [4.69, 9.17) is 27.5 Å².